The lowest BCUT2D eigenvalue weighted by atomic mass is 10.2. The number of amides is 2. The largest absolute Gasteiger partial charge is 0.480 e. The van der Waals surface area contributed by atoms with Crippen molar-refractivity contribution in [1.29, 1.82) is 0 Å². The lowest BCUT2D eigenvalue weighted by Crippen LogP contribution is -2.53. The molecule has 0 radical (unpaired) electrons. The fourth-order valence-electron chi connectivity index (χ4n) is 3.04. The number of aliphatic carboxylic acids is 1. The summed E-state index contributed by atoms with van der Waals surface area (Å²) in [5, 5.41) is 9.45. The van der Waals surface area contributed by atoms with E-state index in [0.717, 1.165) is 19.3 Å². The molecule has 3 atom stereocenters. The van der Waals surface area contributed by atoms with Crippen LogP contribution in [0.5, 0.6) is 0 Å². The molecule has 0 aromatic carbocycles. The minimum absolute atomic E-state index is 0.00867. The van der Waals surface area contributed by atoms with E-state index in [1.54, 1.807) is 21.6 Å². The van der Waals surface area contributed by atoms with Gasteiger partial charge in [-0.1, -0.05) is 0 Å². The summed E-state index contributed by atoms with van der Waals surface area (Å²) in [7, 11) is 0. The second-order valence-electron chi connectivity index (χ2n) is 6.09. The first-order chi connectivity index (χ1) is 10.1. The van der Waals surface area contributed by atoms with Gasteiger partial charge in [-0.25, -0.2) is 9.59 Å². The van der Waals surface area contributed by atoms with Crippen LogP contribution >= 0.6 is 11.8 Å². The summed E-state index contributed by atoms with van der Waals surface area (Å²) in [6, 6.07) is -0.811. The van der Waals surface area contributed by atoms with Crippen LogP contribution in [0.25, 0.3) is 0 Å². The molecule has 3 rings (SSSR count). The summed E-state index contributed by atoms with van der Waals surface area (Å²) in [6.45, 7) is 3.81. The van der Waals surface area contributed by atoms with Crippen LogP contribution in [0.3, 0.4) is 0 Å². The molecule has 2 amide bonds. The standard InChI is InChI=1S/C14H22N2O4S/c1-9-7-15(5-2-6-20-9)14(19)16-11(13(17)18)8-21-12(16)10-3-4-10/h9-12H,2-8H2,1H3,(H,17,18). The summed E-state index contributed by atoms with van der Waals surface area (Å²) in [4.78, 5) is 27.7. The molecule has 1 N–H and O–H groups in total. The predicted molar refractivity (Wildman–Crippen MR) is 79.2 cm³/mol. The third-order valence-electron chi connectivity index (χ3n) is 4.29. The Kier molecular flexibility index (Phi) is 4.31. The van der Waals surface area contributed by atoms with Gasteiger partial charge in [-0.3, -0.25) is 4.90 Å². The number of carboxylic acids is 1. The Balaban J connectivity index is 1.76. The first-order valence-corrected chi connectivity index (χ1v) is 8.66. The van der Waals surface area contributed by atoms with Crippen molar-refractivity contribution in [3.8, 4) is 0 Å². The average molecular weight is 314 g/mol. The summed E-state index contributed by atoms with van der Waals surface area (Å²) in [5.41, 5.74) is 0. The maximum atomic E-state index is 12.9. The maximum Gasteiger partial charge on any atom is 0.327 e. The molecule has 0 aromatic rings. The number of carboxylic acid groups (broad SMARTS) is 1. The van der Waals surface area contributed by atoms with Gasteiger partial charge in [0.2, 0.25) is 0 Å². The van der Waals surface area contributed by atoms with Crippen molar-refractivity contribution in [2.24, 2.45) is 5.92 Å². The monoisotopic (exact) mass is 314 g/mol. The van der Waals surface area contributed by atoms with Gasteiger partial charge in [-0.05, 0) is 32.1 Å². The lowest BCUT2D eigenvalue weighted by molar-refractivity contribution is -0.141. The van der Waals surface area contributed by atoms with Crippen molar-refractivity contribution in [3.63, 3.8) is 0 Å². The van der Waals surface area contributed by atoms with Crippen LogP contribution in [0.15, 0.2) is 0 Å². The van der Waals surface area contributed by atoms with Crippen molar-refractivity contribution in [3.05, 3.63) is 0 Å². The molecule has 118 valence electrons. The fraction of sp³-hybridized carbons (Fsp3) is 0.857. The van der Waals surface area contributed by atoms with Crippen LogP contribution in [0, 0.1) is 5.92 Å². The minimum Gasteiger partial charge on any atom is -0.480 e. The molecule has 0 bridgehead atoms. The average Bonchev–Trinajstić information content (AvgIpc) is 3.22. The second-order valence-corrected chi connectivity index (χ2v) is 7.24. The van der Waals surface area contributed by atoms with Gasteiger partial charge in [0, 0.05) is 25.4 Å². The van der Waals surface area contributed by atoms with E-state index in [0.29, 0.717) is 31.4 Å². The molecule has 3 aliphatic rings. The van der Waals surface area contributed by atoms with Crippen molar-refractivity contribution < 1.29 is 19.4 Å². The molecule has 2 saturated heterocycles. The van der Waals surface area contributed by atoms with E-state index in [2.05, 4.69) is 0 Å². The quantitative estimate of drug-likeness (QED) is 0.835. The first-order valence-electron chi connectivity index (χ1n) is 7.61. The summed E-state index contributed by atoms with van der Waals surface area (Å²) in [6.07, 6.45) is 3.03. The highest BCUT2D eigenvalue weighted by atomic mass is 32.2. The van der Waals surface area contributed by atoms with Crippen molar-refractivity contribution >= 4 is 23.8 Å². The third-order valence-corrected chi connectivity index (χ3v) is 5.75. The van der Waals surface area contributed by atoms with Gasteiger partial charge in [0.05, 0.1) is 11.5 Å². The molecule has 3 fully saturated rings. The molecule has 7 heteroatoms. The number of rotatable bonds is 2. The molecular weight excluding hydrogens is 292 g/mol. The van der Waals surface area contributed by atoms with Gasteiger partial charge in [-0.2, -0.15) is 0 Å². The molecule has 2 aliphatic heterocycles. The Hall–Kier alpha value is -0.950. The van der Waals surface area contributed by atoms with E-state index in [-0.39, 0.29) is 17.5 Å². The van der Waals surface area contributed by atoms with E-state index in [9.17, 15) is 14.7 Å². The number of ether oxygens (including phenoxy) is 1. The van der Waals surface area contributed by atoms with Gasteiger partial charge in [0.15, 0.2) is 0 Å². The van der Waals surface area contributed by atoms with E-state index in [4.69, 9.17) is 4.74 Å². The summed E-state index contributed by atoms with van der Waals surface area (Å²) < 4.78 is 5.57. The number of urea groups is 1. The molecule has 0 spiro atoms. The van der Waals surface area contributed by atoms with Gasteiger partial charge in [-0.15, -0.1) is 11.8 Å². The van der Waals surface area contributed by atoms with Crippen LogP contribution in [0.2, 0.25) is 0 Å². The van der Waals surface area contributed by atoms with Crippen LogP contribution < -0.4 is 0 Å². The number of hydrogen-bond acceptors (Lipinski definition) is 4. The van der Waals surface area contributed by atoms with Crippen LogP contribution in [0.4, 0.5) is 4.79 Å². The Morgan fingerprint density at radius 1 is 1.33 bits per heavy atom. The minimum atomic E-state index is -0.891. The molecule has 1 aliphatic carbocycles. The Morgan fingerprint density at radius 3 is 2.76 bits per heavy atom. The van der Waals surface area contributed by atoms with Crippen LogP contribution in [0.1, 0.15) is 26.2 Å². The SMILES string of the molecule is CC1CN(C(=O)N2C(C(=O)O)CSC2C2CC2)CCCO1. The van der Waals surface area contributed by atoms with E-state index in [1.807, 2.05) is 6.92 Å². The summed E-state index contributed by atoms with van der Waals surface area (Å²) in [5.74, 6) is 0.0874. The number of hydrogen-bond donors (Lipinski definition) is 1. The van der Waals surface area contributed by atoms with Gasteiger partial charge >= 0.3 is 12.0 Å². The number of nitrogens with zero attached hydrogens (tertiary/aromatic N) is 2. The highest BCUT2D eigenvalue weighted by Crippen LogP contribution is 2.45. The maximum absolute atomic E-state index is 12.9. The van der Waals surface area contributed by atoms with Crippen LogP contribution in [-0.4, -0.2) is 69.9 Å². The predicted octanol–water partition coefficient (Wildman–Crippen LogP) is 1.46. The zero-order chi connectivity index (χ0) is 15.0. The smallest absolute Gasteiger partial charge is 0.327 e. The third kappa shape index (κ3) is 3.13. The Bertz CT molecular complexity index is 429. The highest BCUT2D eigenvalue weighted by Gasteiger charge is 2.49. The summed E-state index contributed by atoms with van der Waals surface area (Å²) >= 11 is 1.62. The van der Waals surface area contributed by atoms with Gasteiger partial charge in [0.1, 0.15) is 6.04 Å². The van der Waals surface area contributed by atoms with Crippen molar-refractivity contribution in [2.75, 3.05) is 25.4 Å². The van der Waals surface area contributed by atoms with Crippen molar-refractivity contribution in [1.82, 2.24) is 9.80 Å². The molecule has 2 heterocycles. The molecule has 6 nitrogen and oxygen atoms in total. The highest BCUT2D eigenvalue weighted by molar-refractivity contribution is 8.00. The first kappa shape index (κ1) is 15.0. The zero-order valence-corrected chi connectivity index (χ0v) is 13.1. The van der Waals surface area contributed by atoms with Gasteiger partial charge in [0.25, 0.3) is 0 Å². The van der Waals surface area contributed by atoms with E-state index < -0.39 is 12.0 Å². The molecule has 1 saturated carbocycles. The molecular formula is C14H22N2O4S. The Labute approximate surface area is 128 Å². The lowest BCUT2D eigenvalue weighted by Gasteiger charge is -2.33. The molecule has 0 aromatic heterocycles. The van der Waals surface area contributed by atoms with Crippen molar-refractivity contribution in [2.45, 2.75) is 43.7 Å². The normalized spacial score (nSPS) is 33.9. The van der Waals surface area contributed by atoms with Crippen LogP contribution in [-0.2, 0) is 9.53 Å². The fourth-order valence-corrected chi connectivity index (χ4v) is 4.66. The molecule has 3 unspecified atom stereocenters. The number of carbonyl (C=O) groups is 2. The van der Waals surface area contributed by atoms with E-state index >= 15 is 0 Å². The van der Waals surface area contributed by atoms with Gasteiger partial charge < -0.3 is 14.7 Å². The second kappa shape index (κ2) is 6.04. The zero-order valence-electron chi connectivity index (χ0n) is 12.2. The number of carbonyl (C=O) groups excluding carboxylic acids is 1. The molecule has 21 heavy (non-hydrogen) atoms. The van der Waals surface area contributed by atoms with E-state index in [1.165, 1.54) is 0 Å². The number of thioether (sulfide) groups is 1. The topological polar surface area (TPSA) is 70.1 Å². The Morgan fingerprint density at radius 2 is 2.10 bits per heavy atom.